The fourth-order valence-electron chi connectivity index (χ4n) is 4.31. The Morgan fingerprint density at radius 2 is 2.03 bits per heavy atom. The molecule has 1 amide bonds. The molecule has 0 saturated carbocycles. The molecule has 2 heterocycles. The first-order valence-electron chi connectivity index (χ1n) is 10.3. The van der Waals surface area contributed by atoms with Crippen LogP contribution in [-0.4, -0.2) is 29.2 Å². The Morgan fingerprint density at radius 1 is 1.23 bits per heavy atom. The molecule has 2 aromatic carbocycles. The topological polar surface area (TPSA) is 43.3 Å². The number of benzene rings is 2. The molecule has 0 radical (unpaired) electrons. The Kier molecular flexibility index (Phi) is 6.10. The highest BCUT2D eigenvalue weighted by molar-refractivity contribution is 6.42. The third-order valence-electron chi connectivity index (χ3n) is 6.00. The van der Waals surface area contributed by atoms with Gasteiger partial charge >= 0.3 is 0 Å². The number of aromatic nitrogens is 1. The summed E-state index contributed by atoms with van der Waals surface area (Å²) < 4.78 is 7.90. The van der Waals surface area contributed by atoms with Crippen molar-refractivity contribution in [1.82, 2.24) is 9.88 Å². The van der Waals surface area contributed by atoms with E-state index in [0.717, 1.165) is 41.5 Å². The summed E-state index contributed by atoms with van der Waals surface area (Å²) in [6.45, 7) is 3.34. The number of nitrogens with one attached hydrogen (secondary N) is 1. The first kappa shape index (κ1) is 21.2. The lowest BCUT2D eigenvalue weighted by Gasteiger charge is -2.24. The molecule has 0 bridgehead atoms. The number of hydrogen-bond donors (Lipinski definition) is 1. The van der Waals surface area contributed by atoms with Crippen LogP contribution in [0.5, 0.6) is 0 Å². The number of fused-ring (bicyclic) bond motifs is 1. The lowest BCUT2D eigenvalue weighted by Crippen LogP contribution is -2.40. The quantitative estimate of drug-likeness (QED) is 0.530. The lowest BCUT2D eigenvalue weighted by molar-refractivity contribution is -0.122. The van der Waals surface area contributed by atoms with Gasteiger partial charge in [0.25, 0.3) is 0 Å². The van der Waals surface area contributed by atoms with Crippen molar-refractivity contribution in [1.29, 1.82) is 0 Å². The van der Waals surface area contributed by atoms with Gasteiger partial charge in [-0.05, 0) is 49.1 Å². The molecule has 158 valence electrons. The Morgan fingerprint density at radius 3 is 2.77 bits per heavy atom. The monoisotopic (exact) mass is 444 g/mol. The van der Waals surface area contributed by atoms with Gasteiger partial charge < -0.3 is 14.6 Å². The zero-order valence-corrected chi connectivity index (χ0v) is 18.8. The minimum absolute atomic E-state index is 0.00395. The first-order chi connectivity index (χ1) is 14.4. The molecular weight excluding hydrogens is 419 g/mol. The third-order valence-corrected chi connectivity index (χ3v) is 6.74. The van der Waals surface area contributed by atoms with Gasteiger partial charge in [-0.2, -0.15) is 0 Å². The summed E-state index contributed by atoms with van der Waals surface area (Å²) in [7, 11) is 2.02. The van der Waals surface area contributed by atoms with Crippen molar-refractivity contribution in [2.45, 2.75) is 37.7 Å². The van der Waals surface area contributed by atoms with E-state index in [9.17, 15) is 4.79 Å². The Balaban J connectivity index is 1.65. The highest BCUT2D eigenvalue weighted by Crippen LogP contribution is 2.37. The van der Waals surface area contributed by atoms with Crippen LogP contribution in [0.1, 0.15) is 43.2 Å². The van der Waals surface area contributed by atoms with E-state index in [0.29, 0.717) is 23.0 Å². The van der Waals surface area contributed by atoms with E-state index in [2.05, 4.69) is 35.1 Å². The van der Waals surface area contributed by atoms with Crippen molar-refractivity contribution in [3.05, 3.63) is 69.8 Å². The van der Waals surface area contributed by atoms with Crippen LogP contribution in [0.4, 0.5) is 0 Å². The summed E-state index contributed by atoms with van der Waals surface area (Å²) in [6, 6.07) is 13.8. The number of aryl methyl sites for hydroxylation is 1. The van der Waals surface area contributed by atoms with E-state index in [4.69, 9.17) is 27.9 Å². The molecule has 1 aliphatic heterocycles. The Labute approximate surface area is 187 Å². The molecule has 30 heavy (non-hydrogen) atoms. The van der Waals surface area contributed by atoms with Crippen molar-refractivity contribution in [3.63, 3.8) is 0 Å². The van der Waals surface area contributed by atoms with Crippen LogP contribution in [0.3, 0.4) is 0 Å². The highest BCUT2D eigenvalue weighted by Gasteiger charge is 2.31. The summed E-state index contributed by atoms with van der Waals surface area (Å²) in [4.78, 5) is 13.0. The standard InChI is InChI=1S/C24H26Cl2N2O2/c1-24(10-5-11-30-24)15-27-23(29)13-18(16-8-9-20(25)21(26)12-16)19-14-28(2)22-7-4-3-6-17(19)22/h3-4,6-9,12,14,18H,5,10-11,13,15H2,1-2H3,(H,27,29)/t18-,24+/m0/s1. The average Bonchev–Trinajstić information content (AvgIpc) is 3.31. The molecule has 0 aliphatic carbocycles. The number of halogens is 2. The minimum Gasteiger partial charge on any atom is -0.373 e. The number of carbonyl (C=O) groups excluding carboxylic acids is 1. The maximum absolute atomic E-state index is 13.0. The minimum atomic E-state index is -0.270. The highest BCUT2D eigenvalue weighted by atomic mass is 35.5. The lowest BCUT2D eigenvalue weighted by atomic mass is 9.88. The van der Waals surface area contributed by atoms with Crippen molar-refractivity contribution in [2.24, 2.45) is 7.05 Å². The summed E-state index contributed by atoms with van der Waals surface area (Å²) in [6.07, 6.45) is 4.43. The maximum atomic E-state index is 13.0. The number of carbonyl (C=O) groups is 1. The molecule has 1 aromatic heterocycles. The van der Waals surface area contributed by atoms with Gasteiger partial charge in [0.05, 0.1) is 15.6 Å². The van der Waals surface area contributed by atoms with Crippen LogP contribution in [0.2, 0.25) is 10.0 Å². The molecule has 1 saturated heterocycles. The molecule has 2 atom stereocenters. The van der Waals surface area contributed by atoms with E-state index in [1.54, 1.807) is 6.07 Å². The van der Waals surface area contributed by atoms with Crippen LogP contribution in [0, 0.1) is 0 Å². The molecule has 4 rings (SSSR count). The number of hydrogen-bond acceptors (Lipinski definition) is 2. The van der Waals surface area contributed by atoms with E-state index in [1.807, 2.05) is 31.3 Å². The molecule has 1 N–H and O–H groups in total. The number of para-hydroxylation sites is 1. The van der Waals surface area contributed by atoms with Crippen LogP contribution >= 0.6 is 23.2 Å². The Bertz CT molecular complexity index is 1070. The number of amides is 1. The third kappa shape index (κ3) is 4.36. The van der Waals surface area contributed by atoms with Crippen LogP contribution in [0.15, 0.2) is 48.7 Å². The van der Waals surface area contributed by atoms with Gasteiger partial charge in [-0.15, -0.1) is 0 Å². The number of rotatable bonds is 6. The largest absolute Gasteiger partial charge is 0.373 e. The molecule has 4 nitrogen and oxygen atoms in total. The molecule has 6 heteroatoms. The van der Waals surface area contributed by atoms with Crippen LogP contribution in [-0.2, 0) is 16.6 Å². The summed E-state index contributed by atoms with van der Waals surface area (Å²) in [5.74, 6) is -0.140. The summed E-state index contributed by atoms with van der Waals surface area (Å²) in [5, 5.41) is 5.22. The van der Waals surface area contributed by atoms with E-state index in [1.165, 1.54) is 0 Å². The second-order valence-electron chi connectivity index (χ2n) is 8.32. The second kappa shape index (κ2) is 8.62. The zero-order chi connectivity index (χ0) is 21.3. The smallest absolute Gasteiger partial charge is 0.221 e. The van der Waals surface area contributed by atoms with E-state index >= 15 is 0 Å². The van der Waals surface area contributed by atoms with E-state index < -0.39 is 0 Å². The van der Waals surface area contributed by atoms with Gasteiger partial charge in [0.15, 0.2) is 0 Å². The Hall–Kier alpha value is -2.01. The van der Waals surface area contributed by atoms with Crippen LogP contribution < -0.4 is 5.32 Å². The van der Waals surface area contributed by atoms with Gasteiger partial charge in [-0.25, -0.2) is 0 Å². The molecule has 0 unspecified atom stereocenters. The van der Waals surface area contributed by atoms with E-state index in [-0.39, 0.29) is 17.4 Å². The van der Waals surface area contributed by atoms with Gasteiger partial charge in [0, 0.05) is 49.6 Å². The van der Waals surface area contributed by atoms with Gasteiger partial charge in [-0.1, -0.05) is 47.5 Å². The first-order valence-corrected chi connectivity index (χ1v) is 11.0. The number of ether oxygens (including phenoxy) is 1. The molecule has 1 aliphatic rings. The summed E-state index contributed by atoms with van der Waals surface area (Å²) >= 11 is 12.5. The number of nitrogens with zero attached hydrogens (tertiary/aromatic N) is 1. The average molecular weight is 445 g/mol. The van der Waals surface area contributed by atoms with Crippen molar-refractivity contribution in [2.75, 3.05) is 13.2 Å². The molecule has 3 aromatic rings. The molecule has 0 spiro atoms. The van der Waals surface area contributed by atoms with Crippen LogP contribution in [0.25, 0.3) is 10.9 Å². The van der Waals surface area contributed by atoms with Crippen molar-refractivity contribution < 1.29 is 9.53 Å². The predicted octanol–water partition coefficient (Wildman–Crippen LogP) is 5.69. The maximum Gasteiger partial charge on any atom is 0.221 e. The molecular formula is C24H26Cl2N2O2. The van der Waals surface area contributed by atoms with Gasteiger partial charge in [-0.3, -0.25) is 4.79 Å². The van der Waals surface area contributed by atoms with Crippen molar-refractivity contribution in [3.8, 4) is 0 Å². The summed E-state index contributed by atoms with van der Waals surface area (Å²) in [5.41, 5.74) is 2.93. The predicted molar refractivity (Wildman–Crippen MR) is 122 cm³/mol. The van der Waals surface area contributed by atoms with Gasteiger partial charge in [0.2, 0.25) is 5.91 Å². The normalized spacial score (nSPS) is 19.9. The van der Waals surface area contributed by atoms with Gasteiger partial charge in [0.1, 0.15) is 0 Å². The zero-order valence-electron chi connectivity index (χ0n) is 17.3. The SMILES string of the molecule is Cn1cc([C@@H](CC(=O)NC[C@@]2(C)CCCO2)c2ccc(Cl)c(Cl)c2)c2ccccc21. The fourth-order valence-corrected chi connectivity index (χ4v) is 4.61. The van der Waals surface area contributed by atoms with Crippen molar-refractivity contribution >= 4 is 40.0 Å². The fraction of sp³-hybridized carbons (Fsp3) is 0.375. The molecule has 1 fully saturated rings. The second-order valence-corrected chi connectivity index (χ2v) is 9.14.